The van der Waals surface area contributed by atoms with Crippen molar-refractivity contribution in [3.05, 3.63) is 27.7 Å². The van der Waals surface area contributed by atoms with Crippen LogP contribution in [0.5, 0.6) is 0 Å². The maximum absolute atomic E-state index is 11.5. The van der Waals surface area contributed by atoms with Crippen LogP contribution in [-0.4, -0.2) is 12.6 Å². The van der Waals surface area contributed by atoms with Gasteiger partial charge in [0.2, 0.25) is 0 Å². The Bertz CT molecular complexity index is 363. The van der Waals surface area contributed by atoms with Crippen LogP contribution in [0.3, 0.4) is 0 Å². The summed E-state index contributed by atoms with van der Waals surface area (Å²) in [6, 6.07) is 3.59. The molecule has 2 nitrogen and oxygen atoms in total. The molecule has 0 saturated carbocycles. The molecule has 0 bridgehead atoms. The SMILES string of the molecule is CCOC(=O)c1cc(Br)cc(S)c1C. The van der Waals surface area contributed by atoms with Gasteiger partial charge in [0.05, 0.1) is 12.2 Å². The Kier molecular flexibility index (Phi) is 4.01. The van der Waals surface area contributed by atoms with Gasteiger partial charge in [-0.15, -0.1) is 12.6 Å². The van der Waals surface area contributed by atoms with Gasteiger partial charge in [-0.05, 0) is 31.5 Å². The Morgan fingerprint density at radius 1 is 1.57 bits per heavy atom. The van der Waals surface area contributed by atoms with Crippen LogP contribution in [0.25, 0.3) is 0 Å². The Balaban J connectivity index is 3.13. The first-order valence-corrected chi connectivity index (χ1v) is 5.46. The Morgan fingerprint density at radius 2 is 2.21 bits per heavy atom. The quantitative estimate of drug-likeness (QED) is 0.662. The maximum atomic E-state index is 11.5. The van der Waals surface area contributed by atoms with Crippen LogP contribution in [0.15, 0.2) is 21.5 Å². The van der Waals surface area contributed by atoms with Gasteiger partial charge in [0.25, 0.3) is 0 Å². The van der Waals surface area contributed by atoms with Crippen LogP contribution in [-0.2, 0) is 4.74 Å². The molecule has 0 amide bonds. The number of ether oxygens (including phenoxy) is 1. The van der Waals surface area contributed by atoms with E-state index < -0.39 is 0 Å². The smallest absolute Gasteiger partial charge is 0.338 e. The predicted molar refractivity (Wildman–Crippen MR) is 62.1 cm³/mol. The molecule has 0 unspecified atom stereocenters. The molecule has 0 aliphatic rings. The van der Waals surface area contributed by atoms with E-state index in [9.17, 15) is 4.79 Å². The second-order valence-corrected chi connectivity index (χ2v) is 4.22. The van der Waals surface area contributed by atoms with E-state index in [2.05, 4.69) is 28.6 Å². The predicted octanol–water partition coefficient (Wildman–Crippen LogP) is 3.22. The standard InChI is InChI=1S/C10H11BrO2S/c1-3-13-10(12)8-4-7(11)5-9(14)6(8)2/h4-5,14H,3H2,1-2H3. The number of hydrogen-bond acceptors (Lipinski definition) is 3. The zero-order valence-corrected chi connectivity index (χ0v) is 10.5. The molecule has 0 atom stereocenters. The molecule has 0 aromatic heterocycles. The summed E-state index contributed by atoms with van der Waals surface area (Å²) in [6.45, 7) is 4.01. The lowest BCUT2D eigenvalue weighted by atomic mass is 10.1. The Morgan fingerprint density at radius 3 is 2.79 bits per heavy atom. The van der Waals surface area contributed by atoms with Crippen molar-refractivity contribution in [2.45, 2.75) is 18.7 Å². The molecular weight excluding hydrogens is 264 g/mol. The Hall–Kier alpha value is -0.480. The van der Waals surface area contributed by atoms with Crippen LogP contribution >= 0.6 is 28.6 Å². The van der Waals surface area contributed by atoms with E-state index in [0.29, 0.717) is 12.2 Å². The normalized spacial score (nSPS) is 10.0. The second kappa shape index (κ2) is 4.84. The highest BCUT2D eigenvalue weighted by Crippen LogP contribution is 2.24. The number of halogens is 1. The van der Waals surface area contributed by atoms with Gasteiger partial charge in [0.15, 0.2) is 0 Å². The van der Waals surface area contributed by atoms with Gasteiger partial charge in [-0.2, -0.15) is 0 Å². The van der Waals surface area contributed by atoms with E-state index in [1.807, 2.05) is 13.0 Å². The van der Waals surface area contributed by atoms with Crippen molar-refractivity contribution in [1.82, 2.24) is 0 Å². The molecule has 0 spiro atoms. The first-order chi connectivity index (χ1) is 6.56. The molecule has 1 rings (SSSR count). The van der Waals surface area contributed by atoms with Crippen molar-refractivity contribution in [3.63, 3.8) is 0 Å². The molecule has 0 heterocycles. The molecular formula is C10H11BrO2S. The van der Waals surface area contributed by atoms with Crippen LogP contribution in [0, 0.1) is 6.92 Å². The molecule has 14 heavy (non-hydrogen) atoms. The number of carbonyl (C=O) groups is 1. The average Bonchev–Trinajstić information content (AvgIpc) is 2.11. The monoisotopic (exact) mass is 274 g/mol. The van der Waals surface area contributed by atoms with Gasteiger partial charge in [0, 0.05) is 9.37 Å². The molecule has 0 aliphatic heterocycles. The van der Waals surface area contributed by atoms with E-state index in [0.717, 1.165) is 14.9 Å². The van der Waals surface area contributed by atoms with Crippen LogP contribution in [0.2, 0.25) is 0 Å². The lowest BCUT2D eigenvalue weighted by molar-refractivity contribution is 0.0525. The van der Waals surface area contributed by atoms with Crippen LogP contribution in [0.4, 0.5) is 0 Å². The van der Waals surface area contributed by atoms with Crippen LogP contribution < -0.4 is 0 Å². The summed E-state index contributed by atoms with van der Waals surface area (Å²) in [4.78, 5) is 12.3. The van der Waals surface area contributed by atoms with Gasteiger partial charge in [-0.1, -0.05) is 15.9 Å². The first kappa shape index (κ1) is 11.6. The topological polar surface area (TPSA) is 26.3 Å². The minimum atomic E-state index is -0.304. The highest BCUT2D eigenvalue weighted by Gasteiger charge is 2.12. The van der Waals surface area contributed by atoms with Crippen molar-refractivity contribution in [2.24, 2.45) is 0 Å². The summed E-state index contributed by atoms with van der Waals surface area (Å²) >= 11 is 7.57. The van der Waals surface area contributed by atoms with Crippen molar-refractivity contribution < 1.29 is 9.53 Å². The van der Waals surface area contributed by atoms with Crippen LogP contribution in [0.1, 0.15) is 22.8 Å². The molecule has 0 saturated heterocycles. The minimum Gasteiger partial charge on any atom is -0.462 e. The zero-order chi connectivity index (χ0) is 10.7. The van der Waals surface area contributed by atoms with Crippen molar-refractivity contribution in [1.29, 1.82) is 0 Å². The average molecular weight is 275 g/mol. The molecule has 1 aromatic carbocycles. The Labute approximate surface area is 97.2 Å². The van der Waals surface area contributed by atoms with E-state index in [1.54, 1.807) is 13.0 Å². The summed E-state index contributed by atoms with van der Waals surface area (Å²) < 4.78 is 5.75. The summed E-state index contributed by atoms with van der Waals surface area (Å²) in [5.74, 6) is -0.304. The number of benzene rings is 1. The molecule has 0 fully saturated rings. The van der Waals surface area contributed by atoms with Crippen molar-refractivity contribution >= 4 is 34.5 Å². The highest BCUT2D eigenvalue weighted by molar-refractivity contribution is 9.10. The summed E-state index contributed by atoms with van der Waals surface area (Å²) in [5, 5.41) is 0. The largest absolute Gasteiger partial charge is 0.462 e. The number of hydrogen-bond donors (Lipinski definition) is 1. The van der Waals surface area contributed by atoms with Crippen molar-refractivity contribution in [2.75, 3.05) is 6.61 Å². The van der Waals surface area contributed by atoms with Gasteiger partial charge < -0.3 is 4.74 Å². The third kappa shape index (κ3) is 2.51. The van der Waals surface area contributed by atoms with Gasteiger partial charge in [-0.3, -0.25) is 0 Å². The number of thiol groups is 1. The first-order valence-electron chi connectivity index (χ1n) is 4.22. The third-order valence-corrected chi connectivity index (χ3v) is 2.76. The highest BCUT2D eigenvalue weighted by atomic mass is 79.9. The molecule has 4 heteroatoms. The summed E-state index contributed by atoms with van der Waals surface area (Å²) in [7, 11) is 0. The van der Waals surface area contributed by atoms with E-state index in [1.165, 1.54) is 0 Å². The van der Waals surface area contributed by atoms with E-state index in [-0.39, 0.29) is 5.97 Å². The summed E-state index contributed by atoms with van der Waals surface area (Å²) in [6.07, 6.45) is 0. The fraction of sp³-hybridized carbons (Fsp3) is 0.300. The van der Waals surface area contributed by atoms with Gasteiger partial charge in [0.1, 0.15) is 0 Å². The van der Waals surface area contributed by atoms with Gasteiger partial charge >= 0.3 is 5.97 Å². The summed E-state index contributed by atoms with van der Waals surface area (Å²) in [5.41, 5.74) is 1.40. The fourth-order valence-electron chi connectivity index (χ4n) is 1.09. The molecule has 76 valence electrons. The number of esters is 1. The lowest BCUT2D eigenvalue weighted by Gasteiger charge is -2.08. The maximum Gasteiger partial charge on any atom is 0.338 e. The zero-order valence-electron chi connectivity index (χ0n) is 8.00. The van der Waals surface area contributed by atoms with Gasteiger partial charge in [-0.25, -0.2) is 4.79 Å². The fourth-order valence-corrected chi connectivity index (χ4v) is 1.98. The van der Waals surface area contributed by atoms with E-state index in [4.69, 9.17) is 4.74 Å². The number of rotatable bonds is 2. The molecule has 0 radical (unpaired) electrons. The van der Waals surface area contributed by atoms with Crippen molar-refractivity contribution in [3.8, 4) is 0 Å². The van der Waals surface area contributed by atoms with E-state index >= 15 is 0 Å². The molecule has 1 aromatic rings. The number of carbonyl (C=O) groups excluding carboxylic acids is 1. The minimum absolute atomic E-state index is 0.304. The third-order valence-electron chi connectivity index (χ3n) is 1.84. The molecule has 0 N–H and O–H groups in total. The molecule has 0 aliphatic carbocycles. The lowest BCUT2D eigenvalue weighted by Crippen LogP contribution is -2.07. The second-order valence-electron chi connectivity index (χ2n) is 2.82.